The zero-order valence-corrected chi connectivity index (χ0v) is 44.8. The van der Waals surface area contributed by atoms with Crippen molar-refractivity contribution in [3.8, 4) is 0 Å². The van der Waals surface area contributed by atoms with Gasteiger partial charge in [-0.05, 0) is 116 Å². The van der Waals surface area contributed by atoms with E-state index in [2.05, 4.69) is 118 Å². The van der Waals surface area contributed by atoms with Gasteiger partial charge in [-0.25, -0.2) is 0 Å². The molecule has 0 N–H and O–H groups in total. The second kappa shape index (κ2) is 56.7. The molecule has 0 radical (unpaired) electrons. The zero-order chi connectivity index (χ0) is 50.0. The smallest absolute Gasteiger partial charge is 0.306 e. The first kappa shape index (κ1) is 65.1. The summed E-state index contributed by atoms with van der Waals surface area (Å²) in [7, 11) is 0. The van der Waals surface area contributed by atoms with Crippen molar-refractivity contribution in [3.63, 3.8) is 0 Å². The van der Waals surface area contributed by atoms with Crippen molar-refractivity contribution in [3.05, 3.63) is 109 Å². The van der Waals surface area contributed by atoms with Crippen LogP contribution >= 0.6 is 0 Å². The Morgan fingerprint density at radius 1 is 0.304 bits per heavy atom. The SMILES string of the molecule is CC/C=C\C/C=C\C/C=C\C/C=C\C/C=C\C/C=C\CCC(=O)O[C@@H](COC(=O)CCCCCCC/C=C\CCCCCCCC)COC(=O)CCCCCCCCC/C=C\C/C=C\CCCCC. The van der Waals surface area contributed by atoms with E-state index in [9.17, 15) is 14.4 Å². The molecule has 0 fully saturated rings. The topological polar surface area (TPSA) is 78.9 Å². The molecule has 0 bridgehead atoms. The van der Waals surface area contributed by atoms with Gasteiger partial charge >= 0.3 is 17.9 Å². The Hall–Kier alpha value is -3.93. The summed E-state index contributed by atoms with van der Waals surface area (Å²) in [5.41, 5.74) is 0. The van der Waals surface area contributed by atoms with Gasteiger partial charge in [0.15, 0.2) is 6.10 Å². The summed E-state index contributed by atoms with van der Waals surface area (Å²) >= 11 is 0. The van der Waals surface area contributed by atoms with Gasteiger partial charge in [0, 0.05) is 19.3 Å². The lowest BCUT2D eigenvalue weighted by atomic mass is 10.1. The number of carbonyl (C=O) groups excluding carboxylic acids is 3. The van der Waals surface area contributed by atoms with Crippen molar-refractivity contribution in [1.82, 2.24) is 0 Å². The van der Waals surface area contributed by atoms with E-state index in [0.717, 1.165) is 103 Å². The number of rotatable bonds is 50. The van der Waals surface area contributed by atoms with E-state index in [4.69, 9.17) is 14.2 Å². The molecule has 0 rings (SSSR count). The van der Waals surface area contributed by atoms with E-state index in [1.807, 2.05) is 12.2 Å². The van der Waals surface area contributed by atoms with Crippen LogP contribution in [0.5, 0.6) is 0 Å². The Balaban J connectivity index is 4.54. The number of hydrogen-bond acceptors (Lipinski definition) is 6. The zero-order valence-electron chi connectivity index (χ0n) is 44.8. The first-order valence-electron chi connectivity index (χ1n) is 28.4. The van der Waals surface area contributed by atoms with Crippen molar-refractivity contribution in [1.29, 1.82) is 0 Å². The van der Waals surface area contributed by atoms with Gasteiger partial charge in [-0.1, -0.05) is 226 Å². The Morgan fingerprint density at radius 2 is 0.594 bits per heavy atom. The largest absolute Gasteiger partial charge is 0.462 e. The first-order chi connectivity index (χ1) is 34.0. The van der Waals surface area contributed by atoms with Crippen molar-refractivity contribution in [2.45, 2.75) is 258 Å². The highest BCUT2D eigenvalue weighted by molar-refractivity contribution is 5.71. The van der Waals surface area contributed by atoms with Crippen molar-refractivity contribution in [2.24, 2.45) is 0 Å². The summed E-state index contributed by atoms with van der Waals surface area (Å²) in [5, 5.41) is 0. The number of unbranched alkanes of at least 4 members (excludes halogenated alkanes) is 21. The van der Waals surface area contributed by atoms with Crippen LogP contribution in [0.2, 0.25) is 0 Å². The fraction of sp³-hybridized carbons (Fsp3) is 0.667. The molecule has 392 valence electrons. The van der Waals surface area contributed by atoms with Gasteiger partial charge in [-0.3, -0.25) is 14.4 Å². The minimum Gasteiger partial charge on any atom is -0.462 e. The molecule has 0 aromatic rings. The average Bonchev–Trinajstić information content (AvgIpc) is 3.35. The highest BCUT2D eigenvalue weighted by Crippen LogP contribution is 2.13. The van der Waals surface area contributed by atoms with Crippen LogP contribution in [-0.2, 0) is 28.6 Å². The molecule has 0 saturated heterocycles. The molecule has 0 aromatic heterocycles. The quantitative estimate of drug-likeness (QED) is 0.0262. The maximum Gasteiger partial charge on any atom is 0.306 e. The van der Waals surface area contributed by atoms with Crippen LogP contribution in [0, 0.1) is 0 Å². The predicted molar refractivity (Wildman–Crippen MR) is 297 cm³/mol. The lowest BCUT2D eigenvalue weighted by Crippen LogP contribution is -2.30. The summed E-state index contributed by atoms with van der Waals surface area (Å²) in [4.78, 5) is 38.1. The van der Waals surface area contributed by atoms with Crippen LogP contribution in [0.15, 0.2) is 109 Å². The number of carbonyl (C=O) groups is 3. The van der Waals surface area contributed by atoms with Crippen LogP contribution in [0.3, 0.4) is 0 Å². The van der Waals surface area contributed by atoms with E-state index in [0.29, 0.717) is 19.3 Å². The summed E-state index contributed by atoms with van der Waals surface area (Å²) in [5.74, 6) is -1.02. The molecule has 0 aliphatic heterocycles. The molecule has 0 aliphatic rings. The minimum atomic E-state index is -0.827. The average molecular weight is 958 g/mol. The number of esters is 3. The predicted octanol–water partition coefficient (Wildman–Crippen LogP) is 19.1. The monoisotopic (exact) mass is 957 g/mol. The van der Waals surface area contributed by atoms with Crippen LogP contribution in [0.1, 0.15) is 252 Å². The Labute approximate surface area is 425 Å². The fourth-order valence-electron chi connectivity index (χ4n) is 7.49. The van der Waals surface area contributed by atoms with Crippen molar-refractivity contribution >= 4 is 17.9 Å². The van der Waals surface area contributed by atoms with Gasteiger partial charge < -0.3 is 14.2 Å². The van der Waals surface area contributed by atoms with Crippen LogP contribution in [0.25, 0.3) is 0 Å². The molecular formula is C63H104O6. The second-order valence-corrected chi connectivity index (χ2v) is 18.5. The molecule has 0 aromatic carbocycles. The number of allylic oxidation sites excluding steroid dienone is 18. The van der Waals surface area contributed by atoms with E-state index >= 15 is 0 Å². The van der Waals surface area contributed by atoms with Crippen LogP contribution in [-0.4, -0.2) is 37.2 Å². The first-order valence-corrected chi connectivity index (χ1v) is 28.4. The molecule has 0 amide bonds. The van der Waals surface area contributed by atoms with Gasteiger partial charge in [-0.15, -0.1) is 0 Å². The maximum atomic E-state index is 12.8. The number of ether oxygens (including phenoxy) is 3. The van der Waals surface area contributed by atoms with Crippen LogP contribution in [0.4, 0.5) is 0 Å². The summed E-state index contributed by atoms with van der Waals surface area (Å²) in [6.07, 6.45) is 76.5. The molecule has 1 atom stereocenters. The highest BCUT2D eigenvalue weighted by Gasteiger charge is 2.19. The number of hydrogen-bond donors (Lipinski definition) is 0. The molecule has 0 unspecified atom stereocenters. The minimum absolute atomic E-state index is 0.116. The van der Waals surface area contributed by atoms with Gasteiger partial charge in [0.2, 0.25) is 0 Å². The molecule has 6 nitrogen and oxygen atoms in total. The van der Waals surface area contributed by atoms with Crippen molar-refractivity contribution < 1.29 is 28.6 Å². The molecule has 6 heteroatoms. The molecule has 0 aliphatic carbocycles. The molecular weight excluding hydrogens is 853 g/mol. The Kier molecular flexibility index (Phi) is 53.4. The van der Waals surface area contributed by atoms with E-state index < -0.39 is 12.1 Å². The van der Waals surface area contributed by atoms with Gasteiger partial charge in [-0.2, -0.15) is 0 Å². The molecule has 0 spiro atoms. The molecule has 0 heterocycles. The summed E-state index contributed by atoms with van der Waals surface area (Å²) < 4.78 is 16.8. The van der Waals surface area contributed by atoms with E-state index in [1.54, 1.807) is 0 Å². The lowest BCUT2D eigenvalue weighted by Gasteiger charge is -2.18. The fourth-order valence-corrected chi connectivity index (χ4v) is 7.49. The molecule has 0 saturated carbocycles. The van der Waals surface area contributed by atoms with Crippen molar-refractivity contribution in [2.75, 3.05) is 13.2 Å². The third-order valence-electron chi connectivity index (χ3n) is 11.7. The Morgan fingerprint density at radius 3 is 0.986 bits per heavy atom. The Bertz CT molecular complexity index is 1420. The third-order valence-corrected chi connectivity index (χ3v) is 11.7. The molecule has 69 heavy (non-hydrogen) atoms. The third kappa shape index (κ3) is 54.9. The summed E-state index contributed by atoms with van der Waals surface area (Å²) in [6, 6.07) is 0. The normalized spacial score (nSPS) is 12.9. The maximum absolute atomic E-state index is 12.8. The second-order valence-electron chi connectivity index (χ2n) is 18.5. The lowest BCUT2D eigenvalue weighted by molar-refractivity contribution is -0.166. The van der Waals surface area contributed by atoms with Gasteiger partial charge in [0.25, 0.3) is 0 Å². The van der Waals surface area contributed by atoms with E-state index in [1.165, 1.54) is 103 Å². The summed E-state index contributed by atoms with van der Waals surface area (Å²) in [6.45, 7) is 6.42. The van der Waals surface area contributed by atoms with Gasteiger partial charge in [0.05, 0.1) is 0 Å². The van der Waals surface area contributed by atoms with Crippen LogP contribution < -0.4 is 0 Å². The standard InChI is InChI=1S/C63H104O6/c1-4-7-10-13-16-19-22-25-28-30-31-33-36-39-42-45-48-51-54-57-63(66)69-60(58-67-61(64)55-52-49-46-43-40-37-34-27-24-21-18-15-12-9-6-3)59-68-62(65)56-53-50-47-44-41-38-35-32-29-26-23-20-17-14-11-8-5-2/h7,10,16-17,19-20,25-29,31,33-34,39,42,48,51,60H,4-6,8-9,11-15,18,21-24,30,32,35-38,40-41,43-47,49-50,52-59H2,1-3H3/b10-7-,19-16-,20-17-,28-25-,29-26-,33-31-,34-27-,42-39-,51-48-/t60-/m0/s1. The van der Waals surface area contributed by atoms with E-state index in [-0.39, 0.29) is 31.6 Å². The highest BCUT2D eigenvalue weighted by atomic mass is 16.6. The van der Waals surface area contributed by atoms with Gasteiger partial charge in [0.1, 0.15) is 13.2 Å².